The molecule has 0 amide bonds. The summed E-state index contributed by atoms with van der Waals surface area (Å²) in [6, 6.07) is 2.54. The van der Waals surface area contributed by atoms with Crippen molar-refractivity contribution in [3.8, 4) is 0 Å². The van der Waals surface area contributed by atoms with Gasteiger partial charge >= 0.3 is 0 Å². The lowest BCUT2D eigenvalue weighted by atomic mass is 10.5. The van der Waals surface area contributed by atoms with Crippen molar-refractivity contribution in [3.05, 3.63) is 0 Å². The Morgan fingerprint density at radius 3 is 2.00 bits per heavy atom. The molecular formula is C8H19IOSi. The minimum atomic E-state index is -1.25. The molecule has 0 aromatic carbocycles. The van der Waals surface area contributed by atoms with E-state index in [2.05, 4.69) is 43.4 Å². The second kappa shape index (κ2) is 6.43. The third kappa shape index (κ3) is 3.89. The molecule has 11 heavy (non-hydrogen) atoms. The molecule has 0 aromatic rings. The minimum absolute atomic E-state index is 0.969. The normalized spacial score (nSPS) is 12.0. The number of hydrogen-bond acceptors (Lipinski definition) is 1. The van der Waals surface area contributed by atoms with Crippen molar-refractivity contribution in [2.45, 2.75) is 39.3 Å². The molecule has 0 heterocycles. The Kier molecular flexibility index (Phi) is 6.96. The first kappa shape index (κ1) is 11.9. The number of halogens is 1. The fourth-order valence-electron chi connectivity index (χ4n) is 1.00. The molecule has 0 atom stereocenters. The van der Waals surface area contributed by atoms with Crippen molar-refractivity contribution in [2.24, 2.45) is 0 Å². The van der Waals surface area contributed by atoms with E-state index in [4.69, 9.17) is 4.43 Å². The fraction of sp³-hybridized carbons (Fsp3) is 1.00. The van der Waals surface area contributed by atoms with Gasteiger partial charge in [-0.2, -0.15) is 0 Å². The summed E-state index contributed by atoms with van der Waals surface area (Å²) in [5.74, 6) is 0. The van der Waals surface area contributed by atoms with Crippen LogP contribution in [0.3, 0.4) is 0 Å². The summed E-state index contributed by atoms with van der Waals surface area (Å²) in [7, 11) is -1.25. The molecule has 0 fully saturated rings. The van der Waals surface area contributed by atoms with Crippen molar-refractivity contribution in [2.75, 3.05) is 10.7 Å². The van der Waals surface area contributed by atoms with Gasteiger partial charge in [0.25, 0.3) is 0 Å². The van der Waals surface area contributed by atoms with Crippen LogP contribution in [0.15, 0.2) is 0 Å². The third-order valence-electron chi connectivity index (χ3n) is 2.14. The van der Waals surface area contributed by atoms with Gasteiger partial charge in [-0.25, -0.2) is 0 Å². The van der Waals surface area contributed by atoms with Crippen LogP contribution in [0.1, 0.15) is 27.2 Å². The molecule has 68 valence electrons. The Labute approximate surface area is 85.2 Å². The zero-order chi connectivity index (χ0) is 8.74. The maximum Gasteiger partial charge on any atom is 0.201 e. The van der Waals surface area contributed by atoms with Gasteiger partial charge in [-0.15, -0.1) is 0 Å². The van der Waals surface area contributed by atoms with Gasteiger partial charge < -0.3 is 4.43 Å². The number of rotatable bonds is 6. The molecular weight excluding hydrogens is 267 g/mol. The maximum absolute atomic E-state index is 5.96. The summed E-state index contributed by atoms with van der Waals surface area (Å²) < 4.78 is 7.21. The van der Waals surface area contributed by atoms with E-state index < -0.39 is 8.32 Å². The lowest BCUT2D eigenvalue weighted by Crippen LogP contribution is -2.39. The van der Waals surface area contributed by atoms with E-state index in [9.17, 15) is 0 Å². The van der Waals surface area contributed by atoms with Gasteiger partial charge in [0, 0.05) is 10.7 Å². The van der Waals surface area contributed by atoms with Crippen LogP contribution in [0.2, 0.25) is 12.1 Å². The molecule has 0 aromatic heterocycles. The van der Waals surface area contributed by atoms with Gasteiger partial charge in [0.2, 0.25) is 8.32 Å². The van der Waals surface area contributed by atoms with Gasteiger partial charge in [-0.1, -0.05) is 43.4 Å². The SMILES string of the molecule is CCCO[Si](CC)(CC)CI. The smallest absolute Gasteiger partial charge is 0.201 e. The molecule has 0 aliphatic carbocycles. The molecule has 0 spiro atoms. The quantitative estimate of drug-likeness (QED) is 0.413. The monoisotopic (exact) mass is 286 g/mol. The van der Waals surface area contributed by atoms with E-state index in [1.807, 2.05) is 0 Å². The molecule has 0 aliphatic rings. The number of hydrogen-bond donors (Lipinski definition) is 0. The highest BCUT2D eigenvalue weighted by Gasteiger charge is 2.28. The third-order valence-corrected chi connectivity index (χ3v) is 10.2. The zero-order valence-electron chi connectivity index (χ0n) is 7.82. The highest BCUT2D eigenvalue weighted by atomic mass is 127. The molecule has 0 bridgehead atoms. The van der Waals surface area contributed by atoms with Crippen LogP contribution in [-0.4, -0.2) is 19.0 Å². The van der Waals surface area contributed by atoms with Crippen LogP contribution >= 0.6 is 22.6 Å². The van der Waals surface area contributed by atoms with E-state index in [0.717, 1.165) is 13.0 Å². The van der Waals surface area contributed by atoms with E-state index in [1.54, 1.807) is 0 Å². The van der Waals surface area contributed by atoms with E-state index in [1.165, 1.54) is 16.1 Å². The van der Waals surface area contributed by atoms with E-state index in [-0.39, 0.29) is 0 Å². The Hall–Kier alpha value is 0.907. The molecule has 0 radical (unpaired) electrons. The summed E-state index contributed by atoms with van der Waals surface area (Å²) in [5, 5.41) is 0. The molecule has 0 aliphatic heterocycles. The van der Waals surface area contributed by atoms with Crippen molar-refractivity contribution < 1.29 is 4.43 Å². The predicted octanol–water partition coefficient (Wildman–Crippen LogP) is 3.37. The first-order valence-electron chi connectivity index (χ1n) is 4.44. The van der Waals surface area contributed by atoms with Crippen molar-refractivity contribution >= 4 is 30.9 Å². The Morgan fingerprint density at radius 1 is 1.18 bits per heavy atom. The standard InChI is InChI=1S/C8H19IOSi/c1-4-7-10-11(5-2,6-3)8-9/h4-8H2,1-3H3. The average molecular weight is 286 g/mol. The van der Waals surface area contributed by atoms with Crippen molar-refractivity contribution in [1.82, 2.24) is 0 Å². The van der Waals surface area contributed by atoms with Gasteiger partial charge in [-0.05, 0) is 18.5 Å². The highest BCUT2D eigenvalue weighted by Crippen LogP contribution is 2.19. The largest absolute Gasteiger partial charge is 0.416 e. The van der Waals surface area contributed by atoms with Gasteiger partial charge in [0.05, 0.1) is 0 Å². The summed E-state index contributed by atoms with van der Waals surface area (Å²) in [6.45, 7) is 7.68. The van der Waals surface area contributed by atoms with E-state index in [0.29, 0.717) is 0 Å². The van der Waals surface area contributed by atoms with Crippen LogP contribution in [-0.2, 0) is 4.43 Å². The van der Waals surface area contributed by atoms with E-state index >= 15 is 0 Å². The first-order valence-corrected chi connectivity index (χ1v) is 8.50. The summed E-state index contributed by atoms with van der Waals surface area (Å²) >= 11 is 2.48. The van der Waals surface area contributed by atoms with Gasteiger partial charge in [0.1, 0.15) is 0 Å². The van der Waals surface area contributed by atoms with Crippen LogP contribution in [0, 0.1) is 0 Å². The van der Waals surface area contributed by atoms with Crippen LogP contribution < -0.4 is 0 Å². The van der Waals surface area contributed by atoms with Gasteiger partial charge in [-0.3, -0.25) is 0 Å². The first-order chi connectivity index (χ1) is 5.24. The summed E-state index contributed by atoms with van der Waals surface area (Å²) in [6.07, 6.45) is 1.16. The molecule has 1 nitrogen and oxygen atoms in total. The second-order valence-electron chi connectivity index (χ2n) is 2.87. The lowest BCUT2D eigenvalue weighted by Gasteiger charge is -2.26. The summed E-state index contributed by atoms with van der Waals surface area (Å²) in [5.41, 5.74) is 0. The van der Waals surface area contributed by atoms with Crippen LogP contribution in [0.25, 0.3) is 0 Å². The molecule has 3 heteroatoms. The summed E-state index contributed by atoms with van der Waals surface area (Å²) in [4.78, 5) is 0. The number of alkyl halides is 1. The molecule has 0 rings (SSSR count). The average Bonchev–Trinajstić information content (AvgIpc) is 2.08. The Morgan fingerprint density at radius 2 is 1.73 bits per heavy atom. The topological polar surface area (TPSA) is 9.23 Å². The van der Waals surface area contributed by atoms with Crippen molar-refractivity contribution in [3.63, 3.8) is 0 Å². The Bertz CT molecular complexity index is 85.8. The molecule has 0 saturated heterocycles. The van der Waals surface area contributed by atoms with Crippen molar-refractivity contribution in [1.29, 1.82) is 0 Å². The lowest BCUT2D eigenvalue weighted by molar-refractivity contribution is 0.303. The van der Waals surface area contributed by atoms with Gasteiger partial charge in [0.15, 0.2) is 0 Å². The van der Waals surface area contributed by atoms with Crippen LogP contribution in [0.5, 0.6) is 0 Å². The van der Waals surface area contributed by atoms with Crippen LogP contribution in [0.4, 0.5) is 0 Å². The molecule has 0 N–H and O–H groups in total. The Balaban J connectivity index is 3.84. The molecule has 0 saturated carbocycles. The highest BCUT2D eigenvalue weighted by molar-refractivity contribution is 14.1. The zero-order valence-corrected chi connectivity index (χ0v) is 11.0. The maximum atomic E-state index is 5.96. The predicted molar refractivity (Wildman–Crippen MR) is 61.8 cm³/mol. The fourth-order valence-corrected chi connectivity index (χ4v) is 6.90. The molecule has 0 unspecified atom stereocenters. The second-order valence-corrected chi connectivity index (χ2v) is 9.50. The minimum Gasteiger partial charge on any atom is -0.416 e.